The lowest BCUT2D eigenvalue weighted by Crippen LogP contribution is -1.97. The normalized spacial score (nSPS) is 11.0. The molecule has 4 rings (SSSR count). The predicted molar refractivity (Wildman–Crippen MR) is 97.6 cm³/mol. The second kappa shape index (κ2) is 6.06. The third-order valence-electron chi connectivity index (χ3n) is 4.35. The van der Waals surface area contributed by atoms with Gasteiger partial charge in [-0.3, -0.25) is 4.98 Å². The minimum absolute atomic E-state index is 0.269. The summed E-state index contributed by atoms with van der Waals surface area (Å²) in [4.78, 5) is 13.8. The maximum absolute atomic E-state index is 13.3. The Balaban J connectivity index is 2.04. The predicted octanol–water partition coefficient (Wildman–Crippen LogP) is 5.11. The molecule has 0 saturated heterocycles. The van der Waals surface area contributed by atoms with Crippen molar-refractivity contribution >= 4 is 11.0 Å². The quantitative estimate of drug-likeness (QED) is 0.512. The van der Waals surface area contributed by atoms with Gasteiger partial charge in [0, 0.05) is 23.5 Å². The molecule has 4 heteroatoms. The van der Waals surface area contributed by atoms with E-state index in [0.29, 0.717) is 0 Å². The fraction of sp³-hybridized carbons (Fsp3) is 0.0952. The Labute approximate surface area is 145 Å². The van der Waals surface area contributed by atoms with Crippen LogP contribution in [0.5, 0.6) is 0 Å². The molecule has 0 N–H and O–H groups in total. The molecule has 0 aliphatic heterocycles. The molecular weight excluding hydrogens is 313 g/mol. The topological polar surface area (TPSA) is 38.7 Å². The minimum atomic E-state index is -0.269. The fourth-order valence-electron chi connectivity index (χ4n) is 2.83. The molecule has 0 bridgehead atoms. The standard InChI is InChI=1S/C21H16FN3/c1-13-11-18-19(12-14(13)2)25-21(16-7-9-23-10-8-16)20(24-18)15-3-5-17(22)6-4-15/h3-12H,1-2H3. The van der Waals surface area contributed by atoms with Crippen molar-refractivity contribution in [2.45, 2.75) is 13.8 Å². The monoisotopic (exact) mass is 329 g/mol. The number of aromatic nitrogens is 3. The van der Waals surface area contributed by atoms with Crippen molar-refractivity contribution < 1.29 is 4.39 Å². The van der Waals surface area contributed by atoms with Crippen molar-refractivity contribution in [1.82, 2.24) is 15.0 Å². The molecule has 0 radical (unpaired) electrons. The number of aryl methyl sites for hydroxylation is 2. The van der Waals surface area contributed by atoms with Crippen LogP contribution in [0.1, 0.15) is 11.1 Å². The van der Waals surface area contributed by atoms with Gasteiger partial charge < -0.3 is 0 Å². The van der Waals surface area contributed by atoms with E-state index in [1.54, 1.807) is 24.5 Å². The smallest absolute Gasteiger partial charge is 0.123 e. The van der Waals surface area contributed by atoms with Gasteiger partial charge in [-0.15, -0.1) is 0 Å². The van der Waals surface area contributed by atoms with Gasteiger partial charge >= 0.3 is 0 Å². The maximum Gasteiger partial charge on any atom is 0.123 e. The maximum atomic E-state index is 13.3. The lowest BCUT2D eigenvalue weighted by Gasteiger charge is -2.11. The summed E-state index contributed by atoms with van der Waals surface area (Å²) in [5.41, 5.74) is 7.30. The molecule has 4 aromatic rings. The first-order valence-electron chi connectivity index (χ1n) is 8.07. The summed E-state index contributed by atoms with van der Waals surface area (Å²) in [5, 5.41) is 0. The summed E-state index contributed by atoms with van der Waals surface area (Å²) in [5.74, 6) is -0.269. The van der Waals surface area contributed by atoms with Crippen molar-refractivity contribution in [3.05, 3.63) is 77.9 Å². The zero-order valence-corrected chi connectivity index (χ0v) is 14.0. The minimum Gasteiger partial charge on any atom is -0.265 e. The number of nitrogens with zero attached hydrogens (tertiary/aromatic N) is 3. The van der Waals surface area contributed by atoms with E-state index in [-0.39, 0.29) is 5.82 Å². The molecule has 3 nitrogen and oxygen atoms in total. The number of hydrogen-bond acceptors (Lipinski definition) is 3. The van der Waals surface area contributed by atoms with Crippen molar-refractivity contribution in [3.63, 3.8) is 0 Å². The van der Waals surface area contributed by atoms with Gasteiger partial charge in [0.1, 0.15) is 5.82 Å². The van der Waals surface area contributed by atoms with E-state index >= 15 is 0 Å². The highest BCUT2D eigenvalue weighted by molar-refractivity contribution is 5.86. The summed E-state index contributed by atoms with van der Waals surface area (Å²) >= 11 is 0. The SMILES string of the molecule is Cc1cc2nc(-c3ccncc3)c(-c3ccc(F)cc3)nc2cc1C. The van der Waals surface area contributed by atoms with Crippen LogP contribution < -0.4 is 0 Å². The van der Waals surface area contributed by atoms with E-state index in [4.69, 9.17) is 9.97 Å². The van der Waals surface area contributed by atoms with Crippen LogP contribution in [0, 0.1) is 19.7 Å². The third kappa shape index (κ3) is 2.87. The summed E-state index contributed by atoms with van der Waals surface area (Å²) in [6.45, 7) is 4.13. The molecule has 0 aliphatic rings. The highest BCUT2D eigenvalue weighted by Gasteiger charge is 2.14. The Hall–Kier alpha value is -3.14. The van der Waals surface area contributed by atoms with Gasteiger partial charge in [-0.1, -0.05) is 0 Å². The van der Waals surface area contributed by atoms with Gasteiger partial charge in [0.15, 0.2) is 0 Å². The van der Waals surface area contributed by atoms with Crippen LogP contribution in [-0.4, -0.2) is 15.0 Å². The lowest BCUT2D eigenvalue weighted by atomic mass is 10.0. The molecule has 0 aliphatic carbocycles. The number of rotatable bonds is 2. The Morgan fingerprint density at radius 3 is 1.68 bits per heavy atom. The summed E-state index contributed by atoms with van der Waals surface area (Å²) in [6.07, 6.45) is 3.46. The molecule has 25 heavy (non-hydrogen) atoms. The Morgan fingerprint density at radius 2 is 1.16 bits per heavy atom. The third-order valence-corrected chi connectivity index (χ3v) is 4.35. The average Bonchev–Trinajstić information content (AvgIpc) is 2.63. The van der Waals surface area contributed by atoms with Crippen LogP contribution in [0.15, 0.2) is 60.9 Å². The largest absolute Gasteiger partial charge is 0.265 e. The molecule has 2 aromatic heterocycles. The van der Waals surface area contributed by atoms with Gasteiger partial charge in [-0.2, -0.15) is 0 Å². The van der Waals surface area contributed by atoms with Crippen molar-refractivity contribution in [3.8, 4) is 22.5 Å². The van der Waals surface area contributed by atoms with E-state index < -0.39 is 0 Å². The van der Waals surface area contributed by atoms with Crippen molar-refractivity contribution in [1.29, 1.82) is 0 Å². The molecule has 122 valence electrons. The second-order valence-electron chi connectivity index (χ2n) is 6.09. The Morgan fingerprint density at radius 1 is 0.680 bits per heavy atom. The number of hydrogen-bond donors (Lipinski definition) is 0. The van der Waals surface area contributed by atoms with Crippen LogP contribution in [-0.2, 0) is 0 Å². The van der Waals surface area contributed by atoms with Gasteiger partial charge in [0.25, 0.3) is 0 Å². The van der Waals surface area contributed by atoms with Crippen LogP contribution >= 0.6 is 0 Å². The Bertz CT molecular complexity index is 1060. The molecule has 0 spiro atoms. The zero-order valence-electron chi connectivity index (χ0n) is 14.0. The molecule has 0 saturated carbocycles. The van der Waals surface area contributed by atoms with E-state index in [0.717, 1.165) is 33.5 Å². The first kappa shape index (κ1) is 15.4. The number of halogens is 1. The summed E-state index contributed by atoms with van der Waals surface area (Å²) in [7, 11) is 0. The number of fused-ring (bicyclic) bond motifs is 1. The number of pyridine rings is 1. The average molecular weight is 329 g/mol. The van der Waals surface area contributed by atoms with E-state index in [9.17, 15) is 4.39 Å². The molecular formula is C21H16FN3. The van der Waals surface area contributed by atoms with Crippen LogP contribution in [0.3, 0.4) is 0 Å². The molecule has 0 atom stereocenters. The van der Waals surface area contributed by atoms with E-state index in [1.807, 2.05) is 18.2 Å². The van der Waals surface area contributed by atoms with Crippen LogP contribution in [0.4, 0.5) is 4.39 Å². The highest BCUT2D eigenvalue weighted by atomic mass is 19.1. The molecule has 2 aromatic carbocycles. The van der Waals surface area contributed by atoms with E-state index in [2.05, 4.69) is 24.9 Å². The first-order valence-corrected chi connectivity index (χ1v) is 8.07. The van der Waals surface area contributed by atoms with Gasteiger partial charge in [0.2, 0.25) is 0 Å². The van der Waals surface area contributed by atoms with Crippen molar-refractivity contribution in [2.24, 2.45) is 0 Å². The fourth-order valence-corrected chi connectivity index (χ4v) is 2.83. The van der Waals surface area contributed by atoms with Gasteiger partial charge in [-0.05, 0) is 73.5 Å². The summed E-state index contributed by atoms with van der Waals surface area (Å²) in [6, 6.07) is 14.3. The number of benzene rings is 2. The van der Waals surface area contributed by atoms with Gasteiger partial charge in [-0.25, -0.2) is 14.4 Å². The molecule has 0 fully saturated rings. The first-order chi connectivity index (χ1) is 12.1. The van der Waals surface area contributed by atoms with Crippen molar-refractivity contribution in [2.75, 3.05) is 0 Å². The van der Waals surface area contributed by atoms with E-state index in [1.165, 1.54) is 23.3 Å². The molecule has 0 unspecified atom stereocenters. The highest BCUT2D eigenvalue weighted by Crippen LogP contribution is 2.31. The van der Waals surface area contributed by atoms with Gasteiger partial charge in [0.05, 0.1) is 22.4 Å². The lowest BCUT2D eigenvalue weighted by molar-refractivity contribution is 0.628. The zero-order chi connectivity index (χ0) is 17.4. The summed E-state index contributed by atoms with van der Waals surface area (Å²) < 4.78 is 13.3. The molecule has 0 amide bonds. The van der Waals surface area contributed by atoms with Crippen LogP contribution in [0.2, 0.25) is 0 Å². The molecule has 2 heterocycles. The Kier molecular flexibility index (Phi) is 3.73. The van der Waals surface area contributed by atoms with Crippen LogP contribution in [0.25, 0.3) is 33.5 Å². The second-order valence-corrected chi connectivity index (χ2v) is 6.09.